The van der Waals surface area contributed by atoms with E-state index in [1.807, 2.05) is 0 Å². The van der Waals surface area contributed by atoms with E-state index in [-0.39, 0.29) is 11.5 Å². The van der Waals surface area contributed by atoms with Crippen LogP contribution in [0.25, 0.3) is 0 Å². The summed E-state index contributed by atoms with van der Waals surface area (Å²) in [6.45, 7) is -0.391. The zero-order valence-electron chi connectivity index (χ0n) is 11.5. The summed E-state index contributed by atoms with van der Waals surface area (Å²) in [4.78, 5) is 38.1. The van der Waals surface area contributed by atoms with Gasteiger partial charge in [0.05, 0.1) is 0 Å². The molecule has 0 aliphatic carbocycles. The number of carbonyl (C=O) groups excluding carboxylic acids is 3. The Morgan fingerprint density at radius 2 is 1.82 bits per heavy atom. The van der Waals surface area contributed by atoms with E-state index >= 15 is 0 Å². The summed E-state index contributed by atoms with van der Waals surface area (Å²) in [7, 11) is 0. The van der Waals surface area contributed by atoms with E-state index in [1.165, 1.54) is 36.5 Å². The number of hydrogen-bond donors (Lipinski definition) is 2. The summed E-state index contributed by atoms with van der Waals surface area (Å²) < 4.78 is 4.90. The first-order valence-electron chi connectivity index (χ1n) is 6.34. The maximum absolute atomic E-state index is 11.9. The zero-order valence-corrected chi connectivity index (χ0v) is 11.5. The lowest BCUT2D eigenvalue weighted by Crippen LogP contribution is -2.19. The highest BCUT2D eigenvalue weighted by molar-refractivity contribution is 5.99. The second kappa shape index (κ2) is 6.98. The Balaban J connectivity index is 1.92. The van der Waals surface area contributed by atoms with Crippen LogP contribution in [0.15, 0.2) is 48.7 Å². The SMILES string of the molecule is NC(=O)Nc1ccc(C(=O)COC(=O)c2ccccn2)cc1. The highest BCUT2D eigenvalue weighted by Crippen LogP contribution is 2.10. The number of ketones is 1. The van der Waals surface area contributed by atoms with Crippen LogP contribution in [-0.4, -0.2) is 29.4 Å². The van der Waals surface area contributed by atoms with Gasteiger partial charge in [0.2, 0.25) is 0 Å². The van der Waals surface area contributed by atoms with E-state index in [0.717, 1.165) is 0 Å². The lowest BCUT2D eigenvalue weighted by Gasteiger charge is -2.05. The van der Waals surface area contributed by atoms with Gasteiger partial charge in [0, 0.05) is 17.4 Å². The lowest BCUT2D eigenvalue weighted by atomic mass is 10.1. The number of ether oxygens (including phenoxy) is 1. The van der Waals surface area contributed by atoms with Crippen molar-refractivity contribution in [3.63, 3.8) is 0 Å². The van der Waals surface area contributed by atoms with E-state index in [1.54, 1.807) is 12.1 Å². The third kappa shape index (κ3) is 4.14. The molecule has 7 nitrogen and oxygen atoms in total. The van der Waals surface area contributed by atoms with Gasteiger partial charge in [-0.2, -0.15) is 0 Å². The Morgan fingerprint density at radius 3 is 2.41 bits per heavy atom. The van der Waals surface area contributed by atoms with Crippen LogP contribution in [0, 0.1) is 0 Å². The first-order valence-corrected chi connectivity index (χ1v) is 6.34. The summed E-state index contributed by atoms with van der Waals surface area (Å²) in [5.41, 5.74) is 5.93. The molecule has 0 fully saturated rings. The van der Waals surface area contributed by atoms with Gasteiger partial charge in [-0.3, -0.25) is 4.79 Å². The van der Waals surface area contributed by atoms with Crippen LogP contribution in [0.1, 0.15) is 20.8 Å². The number of aromatic nitrogens is 1. The number of nitrogens with one attached hydrogen (secondary N) is 1. The summed E-state index contributed by atoms with van der Waals surface area (Å²) in [6.07, 6.45) is 1.46. The zero-order chi connectivity index (χ0) is 15.9. The topological polar surface area (TPSA) is 111 Å². The van der Waals surface area contributed by atoms with Gasteiger partial charge in [0.15, 0.2) is 12.4 Å². The van der Waals surface area contributed by atoms with Crippen molar-refractivity contribution in [2.75, 3.05) is 11.9 Å². The van der Waals surface area contributed by atoms with E-state index in [0.29, 0.717) is 11.3 Å². The van der Waals surface area contributed by atoms with Gasteiger partial charge in [0.1, 0.15) is 5.69 Å². The molecule has 0 bridgehead atoms. The first kappa shape index (κ1) is 15.2. The minimum Gasteiger partial charge on any atom is -0.453 e. The van der Waals surface area contributed by atoms with Crippen LogP contribution >= 0.6 is 0 Å². The summed E-state index contributed by atoms with van der Waals surface area (Å²) in [5.74, 6) is -1.03. The maximum atomic E-state index is 11.9. The number of rotatable bonds is 5. The molecule has 0 saturated carbocycles. The lowest BCUT2D eigenvalue weighted by molar-refractivity contribution is 0.0469. The fourth-order valence-electron chi connectivity index (χ4n) is 1.65. The molecule has 0 aliphatic rings. The number of anilines is 1. The normalized spacial score (nSPS) is 9.82. The van der Waals surface area contributed by atoms with Crippen molar-refractivity contribution in [2.24, 2.45) is 5.73 Å². The standard InChI is InChI=1S/C15H13N3O4/c16-15(21)18-11-6-4-10(5-7-11)13(19)9-22-14(20)12-3-1-2-8-17-12/h1-8H,9H2,(H3,16,18,21). The molecule has 0 unspecified atom stereocenters. The summed E-state index contributed by atoms with van der Waals surface area (Å²) in [6, 6.07) is 10.2. The van der Waals surface area contributed by atoms with Crippen molar-refractivity contribution in [1.29, 1.82) is 0 Å². The van der Waals surface area contributed by atoms with Crippen molar-refractivity contribution in [1.82, 2.24) is 4.98 Å². The summed E-state index contributed by atoms with van der Waals surface area (Å²) in [5, 5.41) is 2.38. The number of pyridine rings is 1. The smallest absolute Gasteiger partial charge is 0.357 e. The molecule has 2 aromatic rings. The van der Waals surface area contributed by atoms with Crippen LogP contribution in [0.3, 0.4) is 0 Å². The van der Waals surface area contributed by atoms with Gasteiger partial charge in [-0.1, -0.05) is 6.07 Å². The molecule has 2 amide bonds. The predicted molar refractivity (Wildman–Crippen MR) is 78.5 cm³/mol. The number of amides is 2. The number of nitrogens with two attached hydrogens (primary N) is 1. The highest BCUT2D eigenvalue weighted by atomic mass is 16.5. The second-order valence-corrected chi connectivity index (χ2v) is 4.28. The molecule has 0 saturated heterocycles. The number of urea groups is 1. The van der Waals surface area contributed by atoms with E-state index in [2.05, 4.69) is 10.3 Å². The van der Waals surface area contributed by atoms with Crippen molar-refractivity contribution < 1.29 is 19.1 Å². The van der Waals surface area contributed by atoms with E-state index in [4.69, 9.17) is 10.5 Å². The third-order valence-corrected chi connectivity index (χ3v) is 2.68. The highest BCUT2D eigenvalue weighted by Gasteiger charge is 2.12. The van der Waals surface area contributed by atoms with Gasteiger partial charge < -0.3 is 15.8 Å². The molecule has 1 aromatic carbocycles. The van der Waals surface area contributed by atoms with E-state index in [9.17, 15) is 14.4 Å². The largest absolute Gasteiger partial charge is 0.453 e. The number of carbonyl (C=O) groups is 3. The molecule has 7 heteroatoms. The first-order chi connectivity index (χ1) is 10.6. The van der Waals surface area contributed by atoms with Crippen molar-refractivity contribution in [3.8, 4) is 0 Å². The number of esters is 1. The van der Waals surface area contributed by atoms with Crippen LogP contribution < -0.4 is 11.1 Å². The fourth-order valence-corrected chi connectivity index (χ4v) is 1.65. The number of Topliss-reactive ketones (excluding diaryl/α,β-unsaturated/α-hetero) is 1. The molecule has 2 rings (SSSR count). The van der Waals surface area contributed by atoms with Crippen molar-refractivity contribution in [3.05, 3.63) is 59.9 Å². The van der Waals surface area contributed by atoms with Crippen LogP contribution in [0.2, 0.25) is 0 Å². The second-order valence-electron chi connectivity index (χ2n) is 4.28. The van der Waals surface area contributed by atoms with Crippen molar-refractivity contribution in [2.45, 2.75) is 0 Å². The Bertz CT molecular complexity index is 684. The van der Waals surface area contributed by atoms with Gasteiger partial charge in [-0.05, 0) is 36.4 Å². The minimum absolute atomic E-state index is 0.135. The molecule has 22 heavy (non-hydrogen) atoms. The van der Waals surface area contributed by atoms with Gasteiger partial charge in [-0.15, -0.1) is 0 Å². The molecule has 0 aliphatic heterocycles. The quantitative estimate of drug-likeness (QED) is 0.643. The van der Waals surface area contributed by atoms with E-state index < -0.39 is 18.6 Å². The Kier molecular flexibility index (Phi) is 4.81. The van der Waals surface area contributed by atoms with Crippen LogP contribution in [0.5, 0.6) is 0 Å². The van der Waals surface area contributed by atoms with Gasteiger partial charge in [0.25, 0.3) is 0 Å². The van der Waals surface area contributed by atoms with Gasteiger partial charge in [-0.25, -0.2) is 14.6 Å². The Hall–Kier alpha value is -3.22. The minimum atomic E-state index is -0.691. The molecule has 0 atom stereocenters. The van der Waals surface area contributed by atoms with Crippen LogP contribution in [0.4, 0.5) is 10.5 Å². The average Bonchev–Trinajstić information content (AvgIpc) is 2.53. The summed E-state index contributed by atoms with van der Waals surface area (Å²) >= 11 is 0. The van der Waals surface area contributed by atoms with Crippen molar-refractivity contribution >= 4 is 23.5 Å². The molecule has 3 N–H and O–H groups in total. The van der Waals surface area contributed by atoms with Gasteiger partial charge >= 0.3 is 12.0 Å². The third-order valence-electron chi connectivity index (χ3n) is 2.68. The average molecular weight is 299 g/mol. The number of hydrogen-bond acceptors (Lipinski definition) is 5. The molecule has 0 radical (unpaired) electrons. The predicted octanol–water partition coefficient (Wildman–Crippen LogP) is 1.61. The Morgan fingerprint density at radius 1 is 1.09 bits per heavy atom. The number of nitrogens with zero attached hydrogens (tertiary/aromatic N) is 1. The molecule has 1 heterocycles. The van der Waals surface area contributed by atoms with Crippen LogP contribution in [-0.2, 0) is 4.74 Å². The molecule has 112 valence electrons. The monoisotopic (exact) mass is 299 g/mol. The molecular weight excluding hydrogens is 286 g/mol. The fraction of sp³-hybridized carbons (Fsp3) is 0.0667. The number of benzene rings is 1. The molecular formula is C15H13N3O4. The Labute approximate surface area is 126 Å². The molecule has 1 aromatic heterocycles. The maximum Gasteiger partial charge on any atom is 0.357 e. The number of primary amides is 1. The molecule has 0 spiro atoms.